The van der Waals surface area contributed by atoms with Crippen LogP contribution in [-0.4, -0.2) is 17.8 Å². The number of carbonyl (C=O) groups is 1. The Morgan fingerprint density at radius 1 is 1.32 bits per heavy atom. The van der Waals surface area contributed by atoms with Gasteiger partial charge in [0.1, 0.15) is 11.2 Å². The first kappa shape index (κ1) is 14.8. The van der Waals surface area contributed by atoms with Crippen LogP contribution in [0, 0.1) is 0 Å². The molecule has 1 saturated carbocycles. The summed E-state index contributed by atoms with van der Waals surface area (Å²) in [5.74, 6) is 0.163. The van der Waals surface area contributed by atoms with Gasteiger partial charge >= 0.3 is 0 Å². The van der Waals surface area contributed by atoms with Gasteiger partial charge in [-0.15, -0.1) is 0 Å². The van der Waals surface area contributed by atoms with Crippen molar-refractivity contribution in [2.45, 2.75) is 31.1 Å². The molecule has 5 heteroatoms. The molecule has 1 fully saturated rings. The highest BCUT2D eigenvalue weighted by Crippen LogP contribution is 2.39. The van der Waals surface area contributed by atoms with E-state index in [9.17, 15) is 4.79 Å². The van der Waals surface area contributed by atoms with E-state index >= 15 is 0 Å². The van der Waals surface area contributed by atoms with Crippen LogP contribution in [0.15, 0.2) is 18.2 Å². The van der Waals surface area contributed by atoms with Crippen LogP contribution in [0.25, 0.3) is 0 Å². The van der Waals surface area contributed by atoms with Gasteiger partial charge in [-0.2, -0.15) is 0 Å². The molecule has 1 aromatic rings. The number of likely N-dealkylation sites (N-methyl/N-ethyl adjacent to an activating group) is 1. The molecule has 0 radical (unpaired) electrons. The van der Waals surface area contributed by atoms with Crippen molar-refractivity contribution in [2.24, 2.45) is 0 Å². The Morgan fingerprint density at radius 2 is 2.05 bits per heavy atom. The van der Waals surface area contributed by atoms with Gasteiger partial charge in [-0.3, -0.25) is 4.79 Å². The molecule has 1 aliphatic carbocycles. The number of benzene rings is 1. The number of nitrogens with one attached hydrogen (secondary N) is 1. The average molecular weight is 316 g/mol. The van der Waals surface area contributed by atoms with Crippen LogP contribution >= 0.6 is 35.4 Å². The summed E-state index contributed by atoms with van der Waals surface area (Å²) in [7, 11) is 1.75. The van der Waals surface area contributed by atoms with Gasteiger partial charge in [0.15, 0.2) is 0 Å². The summed E-state index contributed by atoms with van der Waals surface area (Å²) in [5, 5.41) is 3.91. The Kier molecular flexibility index (Phi) is 4.49. The van der Waals surface area contributed by atoms with Crippen molar-refractivity contribution in [2.75, 3.05) is 7.05 Å². The minimum atomic E-state index is -0.740. The van der Waals surface area contributed by atoms with E-state index in [0.717, 1.165) is 24.8 Å². The van der Waals surface area contributed by atoms with E-state index in [1.165, 1.54) is 0 Å². The summed E-state index contributed by atoms with van der Waals surface area (Å²) >= 11 is 17.4. The first-order chi connectivity index (χ1) is 9.02. The number of carbonyl (C=O) groups excluding carboxylic acids is 1. The van der Waals surface area contributed by atoms with Crippen molar-refractivity contribution in [1.29, 1.82) is 0 Å². The normalized spacial score (nSPS) is 23.2. The number of hydrogen-bond donors (Lipinski definition) is 1. The number of hydrogen-bond acceptors (Lipinski definition) is 2. The topological polar surface area (TPSA) is 29.1 Å². The van der Waals surface area contributed by atoms with Crippen molar-refractivity contribution in [3.8, 4) is 0 Å². The molecule has 2 rings (SSSR count). The predicted molar refractivity (Wildman–Crippen MR) is 83.3 cm³/mol. The molecule has 0 aromatic heterocycles. The molecule has 0 amide bonds. The molecule has 102 valence electrons. The molecule has 0 heterocycles. The van der Waals surface area contributed by atoms with Crippen LogP contribution in [-0.2, 0) is 10.2 Å². The van der Waals surface area contributed by atoms with Crippen molar-refractivity contribution < 1.29 is 4.79 Å². The van der Waals surface area contributed by atoms with E-state index in [2.05, 4.69) is 5.32 Å². The fourth-order valence-corrected chi connectivity index (χ4v) is 3.31. The SMILES string of the molecule is CNC(=S)C1(c2ccc(Cl)c(Cl)c2)CCCCC1=O. The molecule has 1 unspecified atom stereocenters. The summed E-state index contributed by atoms with van der Waals surface area (Å²) in [6.07, 6.45) is 3.19. The fourth-order valence-electron chi connectivity index (χ4n) is 2.68. The zero-order valence-corrected chi connectivity index (χ0v) is 13.0. The van der Waals surface area contributed by atoms with Crippen molar-refractivity contribution in [1.82, 2.24) is 5.32 Å². The molecule has 0 saturated heterocycles. The number of rotatable bonds is 2. The zero-order valence-electron chi connectivity index (χ0n) is 10.6. The third-order valence-corrected chi connectivity index (χ3v) is 5.00. The number of ketones is 1. The summed E-state index contributed by atoms with van der Waals surface area (Å²) in [4.78, 5) is 13.1. The smallest absolute Gasteiger partial charge is 0.150 e. The first-order valence-electron chi connectivity index (χ1n) is 6.23. The van der Waals surface area contributed by atoms with Gasteiger partial charge in [-0.25, -0.2) is 0 Å². The molecular formula is C14H15Cl2NOS. The lowest BCUT2D eigenvalue weighted by atomic mass is 9.68. The molecule has 1 aromatic carbocycles. The maximum absolute atomic E-state index is 12.5. The third-order valence-electron chi connectivity index (χ3n) is 3.71. The largest absolute Gasteiger partial charge is 0.382 e. The number of halogens is 2. The Labute approximate surface area is 128 Å². The lowest BCUT2D eigenvalue weighted by molar-refractivity contribution is -0.123. The van der Waals surface area contributed by atoms with Gasteiger partial charge in [0.05, 0.1) is 15.0 Å². The molecule has 19 heavy (non-hydrogen) atoms. The Morgan fingerprint density at radius 3 is 2.63 bits per heavy atom. The zero-order chi connectivity index (χ0) is 14.0. The molecule has 0 spiro atoms. The minimum absolute atomic E-state index is 0.163. The third kappa shape index (κ3) is 2.51. The van der Waals surface area contributed by atoms with E-state index in [-0.39, 0.29) is 5.78 Å². The number of thiocarbonyl (C=S) groups is 1. The van der Waals surface area contributed by atoms with Crippen LogP contribution in [0.1, 0.15) is 31.2 Å². The second-order valence-electron chi connectivity index (χ2n) is 4.74. The summed E-state index contributed by atoms with van der Waals surface area (Å²) in [6.45, 7) is 0. The van der Waals surface area contributed by atoms with Gasteiger partial charge in [0, 0.05) is 13.5 Å². The van der Waals surface area contributed by atoms with Gasteiger partial charge in [-0.1, -0.05) is 47.9 Å². The van der Waals surface area contributed by atoms with E-state index in [1.54, 1.807) is 19.2 Å². The standard InChI is InChI=1S/C14H15Cl2NOS/c1-17-13(19)14(7-3-2-4-12(14)18)9-5-6-10(15)11(16)8-9/h5-6,8H,2-4,7H2,1H3,(H,17,19). The first-order valence-corrected chi connectivity index (χ1v) is 7.40. The molecule has 0 bridgehead atoms. The van der Waals surface area contributed by atoms with Crippen molar-refractivity contribution in [3.05, 3.63) is 33.8 Å². The summed E-state index contributed by atoms with van der Waals surface area (Å²) in [5.41, 5.74) is 0.0993. The summed E-state index contributed by atoms with van der Waals surface area (Å²) in [6, 6.07) is 5.33. The Balaban J connectivity index is 2.56. The van der Waals surface area contributed by atoms with Gasteiger partial charge < -0.3 is 5.32 Å². The average Bonchev–Trinajstić information content (AvgIpc) is 2.42. The van der Waals surface area contributed by atoms with Crippen molar-refractivity contribution >= 4 is 46.2 Å². The maximum Gasteiger partial charge on any atom is 0.150 e. The monoisotopic (exact) mass is 315 g/mol. The van der Waals surface area contributed by atoms with Gasteiger partial charge in [-0.05, 0) is 30.5 Å². The number of Topliss-reactive ketones (excluding diaryl/α,β-unsaturated/α-hetero) is 1. The van der Waals surface area contributed by atoms with E-state index < -0.39 is 5.41 Å². The van der Waals surface area contributed by atoms with Crippen LogP contribution in [0.2, 0.25) is 10.0 Å². The molecule has 1 aliphatic rings. The van der Waals surface area contributed by atoms with Crippen LogP contribution in [0.3, 0.4) is 0 Å². The Hall–Kier alpha value is -0.640. The second kappa shape index (κ2) is 5.78. The molecule has 0 aliphatic heterocycles. The lowest BCUT2D eigenvalue weighted by Gasteiger charge is -2.36. The minimum Gasteiger partial charge on any atom is -0.382 e. The van der Waals surface area contributed by atoms with Crippen LogP contribution < -0.4 is 5.32 Å². The molecule has 1 atom stereocenters. The highest BCUT2D eigenvalue weighted by Gasteiger charge is 2.45. The predicted octanol–water partition coefficient (Wildman–Crippen LogP) is 3.92. The molecular weight excluding hydrogens is 301 g/mol. The van der Waals surface area contributed by atoms with Crippen molar-refractivity contribution in [3.63, 3.8) is 0 Å². The highest BCUT2D eigenvalue weighted by molar-refractivity contribution is 7.80. The molecule has 2 nitrogen and oxygen atoms in total. The maximum atomic E-state index is 12.5. The second-order valence-corrected chi connectivity index (χ2v) is 5.97. The van der Waals surface area contributed by atoms with E-state index in [1.807, 2.05) is 6.07 Å². The van der Waals surface area contributed by atoms with Gasteiger partial charge in [0.25, 0.3) is 0 Å². The van der Waals surface area contributed by atoms with Gasteiger partial charge in [0.2, 0.25) is 0 Å². The quantitative estimate of drug-likeness (QED) is 0.839. The highest BCUT2D eigenvalue weighted by atomic mass is 35.5. The lowest BCUT2D eigenvalue weighted by Crippen LogP contribution is -2.49. The van der Waals surface area contributed by atoms with E-state index in [0.29, 0.717) is 21.5 Å². The molecule has 1 N–H and O–H groups in total. The fraction of sp³-hybridized carbons (Fsp3) is 0.429. The van der Waals surface area contributed by atoms with E-state index in [4.69, 9.17) is 35.4 Å². The van der Waals surface area contributed by atoms with Crippen LogP contribution in [0.4, 0.5) is 0 Å². The summed E-state index contributed by atoms with van der Waals surface area (Å²) < 4.78 is 0. The van der Waals surface area contributed by atoms with Crippen LogP contribution in [0.5, 0.6) is 0 Å². The Bertz CT molecular complexity index is 522.